The third kappa shape index (κ3) is 1.97. The summed E-state index contributed by atoms with van der Waals surface area (Å²) in [7, 11) is 0. The molecule has 2 aromatic rings. The molecule has 0 N–H and O–H groups in total. The lowest BCUT2D eigenvalue weighted by atomic mass is 9.87. The zero-order chi connectivity index (χ0) is 16.1. The van der Waals surface area contributed by atoms with Crippen molar-refractivity contribution in [3.8, 4) is 0 Å². The van der Waals surface area contributed by atoms with Crippen LogP contribution in [0.2, 0.25) is 0 Å². The lowest BCUT2D eigenvalue weighted by Crippen LogP contribution is -2.39. The minimum atomic E-state index is 0.860. The maximum Gasteiger partial charge on any atom is 0.142 e. The predicted octanol–water partition coefficient (Wildman–Crippen LogP) is 3.83. The van der Waals surface area contributed by atoms with Gasteiger partial charge in [0.15, 0.2) is 0 Å². The average Bonchev–Trinajstić information content (AvgIpc) is 3.11. The van der Waals surface area contributed by atoms with Gasteiger partial charge in [0.2, 0.25) is 0 Å². The van der Waals surface area contributed by atoms with Crippen LogP contribution in [0, 0.1) is 6.92 Å². The second kappa shape index (κ2) is 5.17. The first-order valence-corrected chi connectivity index (χ1v) is 8.61. The highest BCUT2D eigenvalue weighted by molar-refractivity contribution is 6.22. The Hall–Kier alpha value is -2.68. The summed E-state index contributed by atoms with van der Waals surface area (Å²) in [5.41, 5.74) is 7.57. The average molecular weight is 313 g/mol. The molecule has 0 spiro atoms. The molecule has 3 aliphatic rings. The van der Waals surface area contributed by atoms with E-state index in [0.717, 1.165) is 43.3 Å². The summed E-state index contributed by atoms with van der Waals surface area (Å²) in [5.74, 6) is 2.19. The van der Waals surface area contributed by atoms with E-state index in [1.165, 1.54) is 27.8 Å². The number of aryl methyl sites for hydroxylation is 2. The molecule has 3 nitrogen and oxygen atoms in total. The Morgan fingerprint density at radius 3 is 2.62 bits per heavy atom. The van der Waals surface area contributed by atoms with Crippen LogP contribution in [0.5, 0.6) is 0 Å². The van der Waals surface area contributed by atoms with Gasteiger partial charge in [-0.1, -0.05) is 54.1 Å². The van der Waals surface area contributed by atoms with E-state index in [9.17, 15) is 0 Å². The minimum absolute atomic E-state index is 0.860. The van der Waals surface area contributed by atoms with E-state index < -0.39 is 0 Å². The second-order valence-electron chi connectivity index (χ2n) is 6.64. The molecular weight excluding hydrogens is 294 g/mol. The molecule has 0 amide bonds. The Labute approximate surface area is 142 Å². The minimum Gasteiger partial charge on any atom is -0.309 e. The summed E-state index contributed by atoms with van der Waals surface area (Å²) in [6, 6.07) is 17.3. The zero-order valence-electron chi connectivity index (χ0n) is 13.8. The molecule has 0 saturated heterocycles. The molecule has 24 heavy (non-hydrogen) atoms. The van der Waals surface area contributed by atoms with Crippen LogP contribution in [0.4, 0.5) is 0 Å². The number of nitrogens with zero attached hydrogens (tertiary/aromatic N) is 3. The molecule has 0 fully saturated rings. The molecule has 0 saturated carbocycles. The molecule has 0 unspecified atom stereocenters. The van der Waals surface area contributed by atoms with Gasteiger partial charge in [-0.15, -0.1) is 0 Å². The van der Waals surface area contributed by atoms with Crippen molar-refractivity contribution in [2.45, 2.75) is 19.8 Å². The van der Waals surface area contributed by atoms with Crippen molar-refractivity contribution in [1.82, 2.24) is 4.90 Å². The summed E-state index contributed by atoms with van der Waals surface area (Å²) in [4.78, 5) is 12.2. The van der Waals surface area contributed by atoms with Crippen LogP contribution >= 0.6 is 0 Å². The first kappa shape index (κ1) is 13.7. The Morgan fingerprint density at radius 2 is 1.75 bits per heavy atom. The summed E-state index contributed by atoms with van der Waals surface area (Å²) in [6.45, 7) is 3.91. The third-order valence-corrected chi connectivity index (χ3v) is 5.10. The zero-order valence-corrected chi connectivity index (χ0v) is 13.8. The Kier molecular flexibility index (Phi) is 2.96. The molecular formula is C21H19N3. The van der Waals surface area contributed by atoms with Crippen LogP contribution in [-0.4, -0.2) is 29.7 Å². The number of benzene rings is 2. The van der Waals surface area contributed by atoms with E-state index in [4.69, 9.17) is 9.98 Å². The lowest BCUT2D eigenvalue weighted by molar-refractivity contribution is 0.656. The predicted molar refractivity (Wildman–Crippen MR) is 98.4 cm³/mol. The molecule has 0 bridgehead atoms. The standard InChI is InChI=1S/C21H19N3/c1-14-6-8-16(9-7-14)20-23-19-17-5-3-2-4-15(17)10-11-18(19)21-22-12-13-24(20)21/h2-9H,10-13H2,1H3. The topological polar surface area (TPSA) is 28.0 Å². The fraction of sp³-hybridized carbons (Fsp3) is 0.238. The van der Waals surface area contributed by atoms with Crippen LogP contribution in [0.25, 0.3) is 5.70 Å². The van der Waals surface area contributed by atoms with Crippen molar-refractivity contribution in [3.05, 3.63) is 76.4 Å². The highest BCUT2D eigenvalue weighted by Gasteiger charge is 2.34. The smallest absolute Gasteiger partial charge is 0.142 e. The van der Waals surface area contributed by atoms with Crippen LogP contribution < -0.4 is 0 Å². The van der Waals surface area contributed by atoms with Gasteiger partial charge in [0, 0.05) is 23.2 Å². The molecule has 118 valence electrons. The van der Waals surface area contributed by atoms with Crippen molar-refractivity contribution in [2.24, 2.45) is 9.98 Å². The highest BCUT2D eigenvalue weighted by Crippen LogP contribution is 2.38. The van der Waals surface area contributed by atoms with Crippen LogP contribution in [0.1, 0.15) is 28.7 Å². The molecule has 3 heteroatoms. The molecule has 0 atom stereocenters. The van der Waals surface area contributed by atoms with Gasteiger partial charge >= 0.3 is 0 Å². The number of hydrogen-bond acceptors (Lipinski definition) is 3. The van der Waals surface area contributed by atoms with Crippen molar-refractivity contribution in [1.29, 1.82) is 0 Å². The summed E-state index contributed by atoms with van der Waals surface area (Å²) in [5, 5.41) is 0. The van der Waals surface area contributed by atoms with Crippen LogP contribution in [0.3, 0.4) is 0 Å². The first-order valence-electron chi connectivity index (χ1n) is 8.61. The van der Waals surface area contributed by atoms with Gasteiger partial charge in [0.1, 0.15) is 11.7 Å². The van der Waals surface area contributed by atoms with E-state index in [-0.39, 0.29) is 0 Å². The molecule has 2 aliphatic heterocycles. The molecule has 5 rings (SSSR count). The van der Waals surface area contributed by atoms with Gasteiger partial charge in [-0.05, 0) is 25.3 Å². The monoisotopic (exact) mass is 313 g/mol. The number of rotatable bonds is 1. The fourth-order valence-electron chi connectivity index (χ4n) is 3.86. The van der Waals surface area contributed by atoms with Gasteiger partial charge in [-0.3, -0.25) is 4.99 Å². The Morgan fingerprint density at radius 1 is 0.917 bits per heavy atom. The van der Waals surface area contributed by atoms with Crippen molar-refractivity contribution in [3.63, 3.8) is 0 Å². The van der Waals surface area contributed by atoms with Crippen molar-refractivity contribution >= 4 is 17.4 Å². The third-order valence-electron chi connectivity index (χ3n) is 5.10. The second-order valence-corrected chi connectivity index (χ2v) is 6.64. The Bertz CT molecular complexity index is 916. The number of fused-ring (bicyclic) bond motifs is 4. The van der Waals surface area contributed by atoms with Crippen molar-refractivity contribution in [2.75, 3.05) is 13.1 Å². The van der Waals surface area contributed by atoms with Gasteiger partial charge in [-0.2, -0.15) is 0 Å². The first-order chi connectivity index (χ1) is 11.8. The molecule has 2 aromatic carbocycles. The lowest BCUT2D eigenvalue weighted by Gasteiger charge is -2.32. The van der Waals surface area contributed by atoms with E-state index in [1.807, 2.05) is 0 Å². The summed E-state index contributed by atoms with van der Waals surface area (Å²) < 4.78 is 0. The number of aliphatic imine (C=N–C) groups is 2. The SMILES string of the molecule is Cc1ccc(C2=NC3=C(CCc4ccccc43)C3=NCCN32)cc1. The van der Waals surface area contributed by atoms with Crippen LogP contribution in [-0.2, 0) is 6.42 Å². The van der Waals surface area contributed by atoms with E-state index in [0.29, 0.717) is 0 Å². The molecule has 1 aliphatic carbocycles. The molecule has 2 heterocycles. The molecule has 0 aromatic heterocycles. The van der Waals surface area contributed by atoms with E-state index in [1.54, 1.807) is 0 Å². The number of hydrogen-bond donors (Lipinski definition) is 0. The van der Waals surface area contributed by atoms with E-state index in [2.05, 4.69) is 60.4 Å². The quantitative estimate of drug-likeness (QED) is 0.786. The van der Waals surface area contributed by atoms with Gasteiger partial charge in [0.25, 0.3) is 0 Å². The highest BCUT2D eigenvalue weighted by atomic mass is 15.3. The number of amidine groups is 2. The maximum absolute atomic E-state index is 5.13. The van der Waals surface area contributed by atoms with Gasteiger partial charge < -0.3 is 4.90 Å². The summed E-state index contributed by atoms with van der Waals surface area (Å²) in [6.07, 6.45) is 2.11. The van der Waals surface area contributed by atoms with Gasteiger partial charge in [0.05, 0.1) is 12.2 Å². The van der Waals surface area contributed by atoms with Crippen molar-refractivity contribution < 1.29 is 0 Å². The summed E-state index contributed by atoms with van der Waals surface area (Å²) >= 11 is 0. The molecule has 0 radical (unpaired) electrons. The fourth-order valence-corrected chi connectivity index (χ4v) is 3.86. The van der Waals surface area contributed by atoms with Crippen LogP contribution in [0.15, 0.2) is 64.1 Å². The largest absolute Gasteiger partial charge is 0.309 e. The maximum atomic E-state index is 5.13. The Balaban J connectivity index is 1.72. The normalized spacial score (nSPS) is 18.6. The van der Waals surface area contributed by atoms with Gasteiger partial charge in [-0.25, -0.2) is 4.99 Å². The van der Waals surface area contributed by atoms with E-state index >= 15 is 0 Å².